The van der Waals surface area contributed by atoms with E-state index in [4.69, 9.17) is 0 Å². The predicted molar refractivity (Wildman–Crippen MR) is 64.2 cm³/mol. The van der Waals surface area contributed by atoms with Gasteiger partial charge in [-0.3, -0.25) is 4.74 Å². The van der Waals surface area contributed by atoms with Crippen molar-refractivity contribution in [2.45, 2.75) is 29.3 Å². The van der Waals surface area contributed by atoms with Gasteiger partial charge < -0.3 is 8.86 Å². The van der Waals surface area contributed by atoms with Gasteiger partial charge in [-0.05, 0) is 0 Å². The Morgan fingerprint density at radius 3 is 1.71 bits per heavy atom. The van der Waals surface area contributed by atoms with Crippen molar-refractivity contribution in [1.82, 2.24) is 0 Å². The molecule has 0 N–H and O–H groups in total. The first kappa shape index (κ1) is 29.6. The molecule has 20 heteroatoms. The van der Waals surface area contributed by atoms with Crippen LogP contribution in [0.1, 0.15) is 0 Å². The number of halogens is 10. The first-order valence-corrected chi connectivity index (χ1v) is 8.53. The van der Waals surface area contributed by atoms with Gasteiger partial charge in [-0.25, -0.2) is 21.2 Å². The van der Waals surface area contributed by atoms with Crippen molar-refractivity contribution in [3.8, 4) is 0 Å². The maximum Gasteiger partial charge on any atom is 1.00 e. The van der Waals surface area contributed by atoms with E-state index >= 15 is 0 Å². The molecular formula is C8H6F10LiNO6S2. The standard InChI is InChI=1S/C8H6F10NO6S2.Li/c1-2-3-24-5(10,11)4(9)25-6(12,13)7(14,15)26(20,21)19-27(22,23)8(16,17)18;/h2,4H,1,3H2;/q-1;+1. The van der Waals surface area contributed by atoms with Gasteiger partial charge in [-0.15, -0.1) is 6.58 Å². The number of hydrogen-bond acceptors (Lipinski definition) is 6. The van der Waals surface area contributed by atoms with Gasteiger partial charge in [0.05, 0.1) is 6.61 Å². The Labute approximate surface area is 162 Å². The summed E-state index contributed by atoms with van der Waals surface area (Å²) in [5.74, 6) is 0. The van der Waals surface area contributed by atoms with Gasteiger partial charge >= 0.3 is 41.8 Å². The minimum absolute atomic E-state index is 0. The zero-order valence-corrected chi connectivity index (χ0v) is 14.7. The molecule has 0 saturated heterocycles. The van der Waals surface area contributed by atoms with E-state index in [1.807, 2.05) is 0 Å². The van der Waals surface area contributed by atoms with Gasteiger partial charge in [0.2, 0.25) is 0 Å². The van der Waals surface area contributed by atoms with Crippen molar-refractivity contribution in [3.63, 3.8) is 0 Å². The Morgan fingerprint density at radius 1 is 0.929 bits per heavy atom. The molecule has 0 fully saturated rings. The second kappa shape index (κ2) is 9.05. The summed E-state index contributed by atoms with van der Waals surface area (Å²) in [5.41, 5.74) is -6.60. The van der Waals surface area contributed by atoms with E-state index in [9.17, 15) is 60.7 Å². The summed E-state index contributed by atoms with van der Waals surface area (Å²) in [6.45, 7) is 1.57. The smallest absolute Gasteiger partial charge is 0.423 e. The molecular weight excluding hydrogens is 467 g/mol. The van der Waals surface area contributed by atoms with Gasteiger partial charge in [0.25, 0.3) is 6.36 Å². The van der Waals surface area contributed by atoms with Crippen LogP contribution in [0.3, 0.4) is 0 Å². The molecule has 0 rings (SSSR count). The molecule has 0 spiro atoms. The van der Waals surface area contributed by atoms with Crippen LogP contribution >= 0.6 is 0 Å². The minimum Gasteiger partial charge on any atom is -0.423 e. The third-order valence-electron chi connectivity index (χ3n) is 2.06. The third kappa shape index (κ3) is 6.46. The molecule has 0 aliphatic rings. The Kier molecular flexibility index (Phi) is 9.58. The average Bonchev–Trinajstić information content (AvgIpc) is 2.41. The van der Waals surface area contributed by atoms with Crippen molar-refractivity contribution in [3.05, 3.63) is 16.8 Å². The molecule has 0 heterocycles. The first-order chi connectivity index (χ1) is 11.6. The van der Waals surface area contributed by atoms with E-state index in [0.717, 1.165) is 0 Å². The van der Waals surface area contributed by atoms with Gasteiger partial charge in [0, 0.05) is 0 Å². The zero-order valence-electron chi connectivity index (χ0n) is 13.1. The van der Waals surface area contributed by atoms with Crippen LogP contribution in [-0.2, 0) is 29.5 Å². The maximum absolute atomic E-state index is 13.2. The molecule has 0 radical (unpaired) electrons. The summed E-state index contributed by atoms with van der Waals surface area (Å²) < 4.78 is 176. The number of ether oxygens (including phenoxy) is 2. The normalized spacial score (nSPS) is 15.6. The van der Waals surface area contributed by atoms with Gasteiger partial charge in [0.1, 0.15) is 0 Å². The monoisotopic (exact) mass is 473 g/mol. The Balaban J connectivity index is 0. The summed E-state index contributed by atoms with van der Waals surface area (Å²) >= 11 is 0. The van der Waals surface area contributed by atoms with E-state index in [1.165, 1.54) is 0 Å². The average molecular weight is 473 g/mol. The molecule has 0 aromatic rings. The number of hydrogen-bond donors (Lipinski definition) is 0. The summed E-state index contributed by atoms with van der Waals surface area (Å²) in [6, 6.07) is 0. The van der Waals surface area contributed by atoms with E-state index in [0.29, 0.717) is 10.2 Å². The topological polar surface area (TPSA) is 101 Å². The van der Waals surface area contributed by atoms with Crippen LogP contribution in [0.25, 0.3) is 4.13 Å². The molecule has 0 amide bonds. The molecule has 7 nitrogen and oxygen atoms in total. The number of nitrogens with zero attached hydrogens (tertiary/aromatic N) is 1. The maximum atomic E-state index is 13.2. The molecule has 0 aliphatic heterocycles. The molecule has 28 heavy (non-hydrogen) atoms. The Bertz CT molecular complexity index is 752. The molecule has 0 bridgehead atoms. The summed E-state index contributed by atoms with van der Waals surface area (Å²) in [4.78, 5) is 0. The van der Waals surface area contributed by atoms with Crippen LogP contribution in [0, 0.1) is 0 Å². The number of rotatable bonds is 10. The van der Waals surface area contributed by atoms with Crippen LogP contribution in [0.2, 0.25) is 0 Å². The molecule has 1 unspecified atom stereocenters. The Morgan fingerprint density at radius 2 is 1.36 bits per heavy atom. The fourth-order valence-corrected chi connectivity index (χ4v) is 2.97. The van der Waals surface area contributed by atoms with Crippen LogP contribution in [0.4, 0.5) is 43.9 Å². The van der Waals surface area contributed by atoms with E-state index in [2.05, 4.69) is 16.1 Å². The molecule has 0 aromatic carbocycles. The fraction of sp³-hybridized carbons (Fsp3) is 0.750. The van der Waals surface area contributed by atoms with Crippen LogP contribution < -0.4 is 18.9 Å². The summed E-state index contributed by atoms with van der Waals surface area (Å²) in [6.07, 6.45) is -16.4. The van der Waals surface area contributed by atoms with Crippen molar-refractivity contribution in [2.75, 3.05) is 6.61 Å². The van der Waals surface area contributed by atoms with E-state index in [-0.39, 0.29) is 18.9 Å². The largest absolute Gasteiger partial charge is 1.00 e. The van der Waals surface area contributed by atoms with E-state index < -0.39 is 56.0 Å². The Hall–Kier alpha value is -0.583. The quantitative estimate of drug-likeness (QED) is 0.248. The third-order valence-corrected chi connectivity index (χ3v) is 5.10. The molecule has 1 atom stereocenters. The number of alkyl halides is 10. The molecule has 162 valence electrons. The first-order valence-electron chi connectivity index (χ1n) is 5.65. The molecule has 0 aromatic heterocycles. The van der Waals surface area contributed by atoms with Crippen LogP contribution in [-0.4, -0.2) is 52.8 Å². The number of sulfonamides is 2. The second-order valence-corrected chi connectivity index (χ2v) is 7.57. The van der Waals surface area contributed by atoms with Crippen LogP contribution in [0.5, 0.6) is 0 Å². The summed E-state index contributed by atoms with van der Waals surface area (Å²) in [5, 5.41) is -7.02. The van der Waals surface area contributed by atoms with Crippen molar-refractivity contribution in [2.24, 2.45) is 0 Å². The fourth-order valence-electron chi connectivity index (χ4n) is 0.871. The van der Waals surface area contributed by atoms with Gasteiger partial charge in [0.15, 0.2) is 20.0 Å². The predicted octanol–water partition coefficient (Wildman–Crippen LogP) is -0.163. The molecule has 0 aliphatic carbocycles. The SMILES string of the molecule is C=CCOC(F)(F)C(F)OC(F)(F)C(F)(F)S(=O)(=O)[N-]S(=O)(=O)C(F)(F)F.[Li+]. The van der Waals surface area contributed by atoms with Gasteiger partial charge in [-0.2, -0.15) is 39.5 Å². The van der Waals surface area contributed by atoms with Crippen molar-refractivity contribution in [1.29, 1.82) is 0 Å². The zero-order chi connectivity index (χ0) is 22.1. The summed E-state index contributed by atoms with van der Waals surface area (Å²) in [7, 11) is -14.9. The van der Waals surface area contributed by atoms with Crippen LogP contribution in [0.15, 0.2) is 12.7 Å². The molecule has 0 saturated carbocycles. The minimum atomic E-state index is -7.63. The van der Waals surface area contributed by atoms with E-state index in [1.54, 1.807) is 0 Å². The second-order valence-electron chi connectivity index (χ2n) is 4.10. The van der Waals surface area contributed by atoms with Gasteiger partial charge in [-0.1, -0.05) is 6.08 Å². The van der Waals surface area contributed by atoms with Crippen molar-refractivity contribution < 1.29 is 89.1 Å². The van der Waals surface area contributed by atoms with Crippen molar-refractivity contribution >= 4 is 20.0 Å².